The van der Waals surface area contributed by atoms with Gasteiger partial charge in [-0.05, 0) is 6.92 Å². The van der Waals surface area contributed by atoms with E-state index in [2.05, 4.69) is 12.5 Å². The molecule has 17 heteroatoms. The highest BCUT2D eigenvalue weighted by molar-refractivity contribution is 8.10. The van der Waals surface area contributed by atoms with Gasteiger partial charge in [-0.2, -0.15) is 25.3 Å². The maximum Gasteiger partial charge on any atom is 0.356 e. The predicted octanol–water partition coefficient (Wildman–Crippen LogP) is 0.576. The van der Waals surface area contributed by atoms with Crippen molar-refractivity contribution in [1.82, 2.24) is 0 Å². The van der Waals surface area contributed by atoms with Gasteiger partial charge in [0.15, 0.2) is 5.56 Å². The summed E-state index contributed by atoms with van der Waals surface area (Å²) in [6, 6.07) is 0. The average molecular weight is 478 g/mol. The summed E-state index contributed by atoms with van der Waals surface area (Å²) in [5.41, 5.74) is -1.60. The Hall–Kier alpha value is 0.850. The second-order valence-corrected chi connectivity index (χ2v) is 10.8. The van der Waals surface area contributed by atoms with Gasteiger partial charge in [0.05, 0.1) is 6.10 Å². The van der Waals surface area contributed by atoms with Crippen molar-refractivity contribution in [3.05, 3.63) is 0 Å². The van der Waals surface area contributed by atoms with Crippen molar-refractivity contribution < 1.29 is 42.5 Å². The van der Waals surface area contributed by atoms with Gasteiger partial charge in [0.1, 0.15) is 18.3 Å². The quantitative estimate of drug-likeness (QED) is 0.394. The molecule has 10 nitrogen and oxygen atoms in total. The maximum atomic E-state index is 11.1. The van der Waals surface area contributed by atoms with Crippen molar-refractivity contribution in [3.8, 4) is 0 Å². The van der Waals surface area contributed by atoms with E-state index in [-0.39, 0.29) is 0 Å². The van der Waals surface area contributed by atoms with Crippen molar-refractivity contribution in [3.63, 3.8) is 0 Å². The lowest BCUT2D eigenvalue weighted by atomic mass is 10.0. The fourth-order valence-electron chi connectivity index (χ4n) is 1.70. The molecular weight excluding hydrogens is 470 g/mol. The van der Waals surface area contributed by atoms with Crippen LogP contribution in [0.15, 0.2) is 0 Å². The molecule has 0 amide bonds. The second kappa shape index (κ2) is 7.61. The molecule has 0 bridgehead atoms. The van der Waals surface area contributed by atoms with Crippen LogP contribution in [0.4, 0.5) is 0 Å². The molecular formula is C6H8Cl4O10S3. The summed E-state index contributed by atoms with van der Waals surface area (Å²) in [7, 11) is 0.707. The van der Waals surface area contributed by atoms with E-state index >= 15 is 0 Å². The third-order valence-corrected chi connectivity index (χ3v) is 4.75. The lowest BCUT2D eigenvalue weighted by Crippen LogP contribution is -2.58. The molecule has 1 fully saturated rings. The van der Waals surface area contributed by atoms with Gasteiger partial charge in [0.25, 0.3) is 0 Å². The lowest BCUT2D eigenvalue weighted by Gasteiger charge is -2.40. The third kappa shape index (κ3) is 7.73. The molecule has 0 aromatic rings. The Morgan fingerprint density at radius 2 is 1.09 bits per heavy atom. The first-order valence-electron chi connectivity index (χ1n) is 5.27. The first-order valence-corrected chi connectivity index (χ1v) is 12.4. The molecule has 1 rings (SSSR count). The van der Waals surface area contributed by atoms with Crippen LogP contribution < -0.4 is 0 Å². The van der Waals surface area contributed by atoms with Crippen LogP contribution in [0.1, 0.15) is 6.92 Å². The molecule has 5 atom stereocenters. The zero-order chi connectivity index (χ0) is 18.2. The summed E-state index contributed by atoms with van der Waals surface area (Å²) in [4.78, 5) is 0. The molecule has 0 unspecified atom stereocenters. The van der Waals surface area contributed by atoms with Crippen molar-refractivity contribution in [2.75, 3.05) is 0 Å². The van der Waals surface area contributed by atoms with Crippen LogP contribution in [0.3, 0.4) is 0 Å². The summed E-state index contributed by atoms with van der Waals surface area (Å²) in [6.07, 6.45) is -6.82. The van der Waals surface area contributed by atoms with Crippen LogP contribution in [0, 0.1) is 0 Å². The van der Waals surface area contributed by atoms with Gasteiger partial charge in [-0.1, -0.05) is 11.6 Å². The fourth-order valence-corrected chi connectivity index (χ4v) is 4.37. The van der Waals surface area contributed by atoms with Crippen LogP contribution >= 0.6 is 43.6 Å². The van der Waals surface area contributed by atoms with Gasteiger partial charge in [-0.25, -0.2) is 12.5 Å². The van der Waals surface area contributed by atoms with E-state index in [4.69, 9.17) is 48.4 Å². The molecule has 0 aromatic heterocycles. The molecule has 0 aromatic carbocycles. The molecule has 138 valence electrons. The maximum absolute atomic E-state index is 11.1. The highest BCUT2D eigenvalue weighted by atomic mass is 35.7. The second-order valence-electron chi connectivity index (χ2n) is 4.05. The number of ether oxygens (including phenoxy) is 1. The zero-order valence-electron chi connectivity index (χ0n) is 10.7. The van der Waals surface area contributed by atoms with Gasteiger partial charge in [-0.15, -0.1) is 0 Å². The number of alkyl halides is 1. The minimum Gasteiger partial charge on any atom is -0.354 e. The number of hydrogen-bond donors (Lipinski definition) is 0. The number of rotatable bonds is 6. The van der Waals surface area contributed by atoms with E-state index in [0.29, 0.717) is 0 Å². The molecule has 0 aliphatic carbocycles. The fraction of sp³-hybridized carbons (Fsp3) is 1.00. The van der Waals surface area contributed by atoms with Gasteiger partial charge in [0.2, 0.25) is 0 Å². The van der Waals surface area contributed by atoms with Gasteiger partial charge < -0.3 is 4.74 Å². The molecule has 0 spiro atoms. The Morgan fingerprint density at radius 3 is 1.48 bits per heavy atom. The Morgan fingerprint density at radius 1 is 0.739 bits per heavy atom. The average Bonchev–Trinajstić information content (AvgIpc) is 2.25. The smallest absolute Gasteiger partial charge is 0.354 e. The molecule has 1 saturated heterocycles. The largest absolute Gasteiger partial charge is 0.356 e. The molecule has 0 N–H and O–H groups in total. The topological polar surface area (TPSA) is 139 Å². The summed E-state index contributed by atoms with van der Waals surface area (Å²) in [5.74, 6) is 0. The normalized spacial score (nSPS) is 33.5. The van der Waals surface area contributed by atoms with Crippen molar-refractivity contribution in [2.45, 2.75) is 36.9 Å². The van der Waals surface area contributed by atoms with Gasteiger partial charge in [-0.3, -0.25) is 0 Å². The Kier molecular flexibility index (Phi) is 7.25. The third-order valence-electron chi connectivity index (χ3n) is 2.39. The Bertz CT molecular complexity index is 687. The minimum atomic E-state index is -4.73. The Labute approximate surface area is 150 Å². The molecule has 1 aliphatic rings. The van der Waals surface area contributed by atoms with E-state index in [9.17, 15) is 25.3 Å². The number of hydrogen-bond acceptors (Lipinski definition) is 10. The van der Waals surface area contributed by atoms with Crippen LogP contribution in [0.5, 0.6) is 0 Å². The summed E-state index contributed by atoms with van der Waals surface area (Å²) in [6.45, 7) is 1.23. The summed E-state index contributed by atoms with van der Waals surface area (Å²) in [5, 5.41) is 0. The van der Waals surface area contributed by atoms with Crippen molar-refractivity contribution >= 4 is 71.6 Å². The van der Waals surface area contributed by atoms with E-state index in [1.807, 2.05) is 0 Å². The van der Waals surface area contributed by atoms with E-state index in [0.717, 1.165) is 0 Å². The molecule has 1 heterocycles. The predicted molar refractivity (Wildman–Crippen MR) is 79.1 cm³/mol. The van der Waals surface area contributed by atoms with Crippen LogP contribution in [0.25, 0.3) is 0 Å². The Balaban J connectivity index is 3.29. The van der Waals surface area contributed by atoms with Gasteiger partial charge >= 0.3 is 28.0 Å². The molecule has 0 saturated carbocycles. The first-order chi connectivity index (χ1) is 10.1. The first kappa shape index (κ1) is 21.9. The van der Waals surface area contributed by atoms with E-state index < -0.39 is 58.0 Å². The highest BCUT2D eigenvalue weighted by Gasteiger charge is 2.51. The zero-order valence-corrected chi connectivity index (χ0v) is 16.2. The van der Waals surface area contributed by atoms with Crippen LogP contribution in [-0.2, 0) is 45.3 Å². The highest BCUT2D eigenvalue weighted by Crippen LogP contribution is 2.33. The van der Waals surface area contributed by atoms with E-state index in [1.165, 1.54) is 6.92 Å². The van der Waals surface area contributed by atoms with E-state index in [1.54, 1.807) is 0 Å². The minimum absolute atomic E-state index is 1.20. The monoisotopic (exact) mass is 476 g/mol. The molecule has 1 aliphatic heterocycles. The summed E-state index contributed by atoms with van der Waals surface area (Å²) < 4.78 is 84.6. The molecule has 23 heavy (non-hydrogen) atoms. The standard InChI is InChI=1S/C6H8Cl4O10S3/c1-2-3(18-21(8,11)12)4(19-22(9,13)14)5(6(7)17-2)20-23(10,15)16/h2-6H,1H3/t2-,3-,4+,5+,6+/m1/s1. The van der Waals surface area contributed by atoms with Crippen LogP contribution in [-0.4, -0.2) is 55.2 Å². The van der Waals surface area contributed by atoms with Crippen molar-refractivity contribution in [2.24, 2.45) is 0 Å². The van der Waals surface area contributed by atoms with Gasteiger partial charge in [0, 0.05) is 32.0 Å². The SMILES string of the molecule is C[C@H]1O[C@H](Cl)[C@@H](OS(=O)(=O)Cl)[C@@H](OS(=O)(=O)Cl)[C@@H]1OS(=O)(=O)Cl. The molecule has 0 radical (unpaired) electrons. The lowest BCUT2D eigenvalue weighted by molar-refractivity contribution is -0.166. The van der Waals surface area contributed by atoms with Crippen LogP contribution in [0.2, 0.25) is 0 Å². The van der Waals surface area contributed by atoms with Crippen molar-refractivity contribution in [1.29, 1.82) is 0 Å². The number of halogens is 4. The summed E-state index contributed by atoms with van der Waals surface area (Å²) >= 11 is 5.72.